The van der Waals surface area contributed by atoms with Gasteiger partial charge in [-0.15, -0.1) is 0 Å². The zero-order valence-corrected chi connectivity index (χ0v) is 18.4. The molecule has 0 bridgehead atoms. The summed E-state index contributed by atoms with van der Waals surface area (Å²) < 4.78 is 32.0. The quantitative estimate of drug-likeness (QED) is 0.529. The van der Waals surface area contributed by atoms with Gasteiger partial charge in [0.1, 0.15) is 5.82 Å². The summed E-state index contributed by atoms with van der Waals surface area (Å²) in [6, 6.07) is 12.5. The monoisotopic (exact) mass is 444 g/mol. The molecule has 1 fully saturated rings. The third-order valence-electron chi connectivity index (χ3n) is 5.68. The average Bonchev–Trinajstić information content (AvgIpc) is 2.81. The Morgan fingerprint density at radius 3 is 2.47 bits per heavy atom. The van der Waals surface area contributed by atoms with Crippen LogP contribution in [0.5, 0.6) is 5.75 Å². The van der Waals surface area contributed by atoms with Gasteiger partial charge in [-0.25, -0.2) is 8.78 Å². The Balaban J connectivity index is 1.47. The Kier molecular flexibility index (Phi) is 8.59. The smallest absolute Gasteiger partial charge is 0.253 e. The van der Waals surface area contributed by atoms with E-state index in [0.717, 1.165) is 31.4 Å². The van der Waals surface area contributed by atoms with E-state index in [2.05, 4.69) is 0 Å². The lowest BCUT2D eigenvalue weighted by Crippen LogP contribution is -2.49. The van der Waals surface area contributed by atoms with Crippen molar-refractivity contribution < 1.29 is 23.1 Å². The molecule has 32 heavy (non-hydrogen) atoms. The van der Waals surface area contributed by atoms with Crippen LogP contribution in [0.1, 0.15) is 49.4 Å². The Morgan fingerprint density at radius 1 is 1.09 bits per heavy atom. The number of amides is 2. The van der Waals surface area contributed by atoms with Crippen molar-refractivity contribution in [1.29, 1.82) is 0 Å². The van der Waals surface area contributed by atoms with E-state index in [9.17, 15) is 18.4 Å². The summed E-state index contributed by atoms with van der Waals surface area (Å²) in [5, 5.41) is 0. The summed E-state index contributed by atoms with van der Waals surface area (Å²) in [5.74, 6) is -1.34. The number of likely N-dealkylation sites (tertiary alicyclic amines) is 1. The van der Waals surface area contributed by atoms with Gasteiger partial charge in [-0.3, -0.25) is 9.59 Å². The number of rotatable bonds is 9. The summed E-state index contributed by atoms with van der Waals surface area (Å²) in [4.78, 5) is 29.3. The molecule has 0 atom stereocenters. The second kappa shape index (κ2) is 11.6. The largest absolute Gasteiger partial charge is 0.491 e. The topological polar surface area (TPSA) is 49.9 Å². The lowest BCUT2D eigenvalue weighted by Gasteiger charge is -2.38. The van der Waals surface area contributed by atoms with Crippen LogP contribution in [0.15, 0.2) is 48.5 Å². The first-order valence-electron chi connectivity index (χ1n) is 11.2. The first-order chi connectivity index (χ1) is 15.5. The van der Waals surface area contributed by atoms with Gasteiger partial charge < -0.3 is 14.5 Å². The van der Waals surface area contributed by atoms with Crippen LogP contribution in [0.3, 0.4) is 0 Å². The molecule has 7 heteroatoms. The van der Waals surface area contributed by atoms with Crippen LogP contribution in [-0.4, -0.2) is 53.9 Å². The number of piperidine rings is 1. The summed E-state index contributed by atoms with van der Waals surface area (Å²) in [7, 11) is 0. The predicted molar refractivity (Wildman–Crippen MR) is 118 cm³/mol. The molecule has 2 aromatic carbocycles. The van der Waals surface area contributed by atoms with Crippen LogP contribution in [-0.2, 0) is 4.79 Å². The second-order valence-corrected chi connectivity index (χ2v) is 8.00. The molecule has 2 aromatic rings. The van der Waals surface area contributed by atoms with Gasteiger partial charge in [0.05, 0.1) is 6.61 Å². The maximum absolute atomic E-state index is 13.6. The fourth-order valence-electron chi connectivity index (χ4n) is 4.04. The third-order valence-corrected chi connectivity index (χ3v) is 5.68. The van der Waals surface area contributed by atoms with Crippen LogP contribution >= 0.6 is 0 Å². The van der Waals surface area contributed by atoms with Gasteiger partial charge in [0.25, 0.3) is 5.91 Å². The number of nitrogens with zero attached hydrogens (tertiary/aromatic N) is 2. The molecule has 1 aliphatic rings. The van der Waals surface area contributed by atoms with Gasteiger partial charge in [-0.05, 0) is 49.9 Å². The molecule has 1 heterocycles. The van der Waals surface area contributed by atoms with Crippen molar-refractivity contribution in [2.24, 2.45) is 0 Å². The fourth-order valence-corrected chi connectivity index (χ4v) is 4.04. The van der Waals surface area contributed by atoms with Gasteiger partial charge >= 0.3 is 0 Å². The zero-order valence-electron chi connectivity index (χ0n) is 18.4. The standard InChI is InChI=1S/C25H30F2N2O3/c1-2-14-29(24(30)9-6-17-32-23-11-10-20(26)18-22(23)27)21-12-15-28(16-13-21)25(31)19-7-4-3-5-8-19/h3-5,7-8,10-11,18,21H,2,6,9,12-17H2,1H3. The van der Waals surface area contributed by atoms with Crippen LogP contribution in [0, 0.1) is 11.6 Å². The first-order valence-corrected chi connectivity index (χ1v) is 11.2. The third kappa shape index (κ3) is 6.28. The summed E-state index contributed by atoms with van der Waals surface area (Å²) in [6.07, 6.45) is 3.10. The van der Waals surface area contributed by atoms with Crippen LogP contribution < -0.4 is 4.74 Å². The number of halogens is 2. The number of carbonyl (C=O) groups is 2. The molecule has 0 saturated carbocycles. The highest BCUT2D eigenvalue weighted by molar-refractivity contribution is 5.94. The second-order valence-electron chi connectivity index (χ2n) is 8.00. The Hall–Kier alpha value is -2.96. The normalized spacial score (nSPS) is 14.3. The van der Waals surface area contributed by atoms with Crippen molar-refractivity contribution >= 4 is 11.8 Å². The molecule has 2 amide bonds. The Bertz CT molecular complexity index is 899. The molecule has 1 aliphatic heterocycles. The van der Waals surface area contributed by atoms with Crippen LogP contribution in [0.2, 0.25) is 0 Å². The SMILES string of the molecule is CCCN(C(=O)CCCOc1ccc(F)cc1F)C1CCN(C(=O)c2ccccc2)CC1. The Labute approximate surface area is 188 Å². The molecule has 0 aromatic heterocycles. The number of benzene rings is 2. The number of hydrogen-bond donors (Lipinski definition) is 0. The molecule has 0 N–H and O–H groups in total. The fraction of sp³-hybridized carbons (Fsp3) is 0.440. The van der Waals surface area contributed by atoms with Crippen molar-refractivity contribution in [3.05, 3.63) is 65.7 Å². The molecule has 3 rings (SSSR count). The molecule has 5 nitrogen and oxygen atoms in total. The number of hydrogen-bond acceptors (Lipinski definition) is 3. The van der Waals surface area contributed by atoms with Crippen LogP contribution in [0.4, 0.5) is 8.78 Å². The molecule has 0 unspecified atom stereocenters. The van der Waals surface area contributed by atoms with E-state index in [-0.39, 0.29) is 30.2 Å². The van der Waals surface area contributed by atoms with Crippen molar-refractivity contribution in [3.63, 3.8) is 0 Å². The number of ether oxygens (including phenoxy) is 1. The molecule has 172 valence electrons. The maximum Gasteiger partial charge on any atom is 0.253 e. The highest BCUT2D eigenvalue weighted by Crippen LogP contribution is 2.21. The minimum atomic E-state index is -0.749. The lowest BCUT2D eigenvalue weighted by atomic mass is 10.0. The molecule has 0 spiro atoms. The van der Waals surface area contributed by atoms with E-state index in [4.69, 9.17) is 4.74 Å². The van der Waals surface area contributed by atoms with Crippen molar-refractivity contribution in [1.82, 2.24) is 9.80 Å². The summed E-state index contributed by atoms with van der Waals surface area (Å²) in [5.41, 5.74) is 0.685. The minimum Gasteiger partial charge on any atom is -0.491 e. The van der Waals surface area contributed by atoms with Gasteiger partial charge in [-0.1, -0.05) is 25.1 Å². The van der Waals surface area contributed by atoms with E-state index < -0.39 is 11.6 Å². The highest BCUT2D eigenvalue weighted by Gasteiger charge is 2.29. The van der Waals surface area contributed by atoms with Gasteiger partial charge in [0.2, 0.25) is 5.91 Å². The van der Waals surface area contributed by atoms with Crippen molar-refractivity contribution in [3.8, 4) is 5.75 Å². The maximum atomic E-state index is 13.6. The van der Waals surface area contributed by atoms with Crippen molar-refractivity contribution in [2.45, 2.75) is 45.1 Å². The lowest BCUT2D eigenvalue weighted by molar-refractivity contribution is -0.134. The molecule has 0 aliphatic carbocycles. The van der Waals surface area contributed by atoms with E-state index in [1.54, 1.807) is 0 Å². The van der Waals surface area contributed by atoms with Crippen molar-refractivity contribution in [2.75, 3.05) is 26.2 Å². The molecular weight excluding hydrogens is 414 g/mol. The van der Waals surface area contributed by atoms with Gasteiger partial charge in [-0.2, -0.15) is 0 Å². The number of carbonyl (C=O) groups excluding carboxylic acids is 2. The summed E-state index contributed by atoms with van der Waals surface area (Å²) >= 11 is 0. The molecule has 1 saturated heterocycles. The van der Waals surface area contributed by atoms with Gasteiger partial charge in [0.15, 0.2) is 11.6 Å². The zero-order chi connectivity index (χ0) is 22.9. The van der Waals surface area contributed by atoms with E-state index in [0.29, 0.717) is 38.0 Å². The van der Waals surface area contributed by atoms with E-state index in [1.165, 1.54) is 6.07 Å². The van der Waals surface area contributed by atoms with Gasteiger partial charge in [0, 0.05) is 43.7 Å². The summed E-state index contributed by atoms with van der Waals surface area (Å²) in [6.45, 7) is 4.13. The van der Waals surface area contributed by atoms with E-state index in [1.807, 2.05) is 47.1 Å². The Morgan fingerprint density at radius 2 is 1.81 bits per heavy atom. The molecular formula is C25H30F2N2O3. The molecule has 0 radical (unpaired) electrons. The predicted octanol–water partition coefficient (Wildman–Crippen LogP) is 4.67. The van der Waals surface area contributed by atoms with E-state index >= 15 is 0 Å². The highest BCUT2D eigenvalue weighted by atomic mass is 19.1. The van der Waals surface area contributed by atoms with Crippen LogP contribution in [0.25, 0.3) is 0 Å². The first kappa shape index (κ1) is 23.7. The minimum absolute atomic E-state index is 0.0141. The average molecular weight is 445 g/mol.